The minimum Gasteiger partial charge on any atom is -0.492 e. The van der Waals surface area contributed by atoms with E-state index in [1.807, 2.05) is 91.0 Å². The summed E-state index contributed by atoms with van der Waals surface area (Å²) < 4.78 is 17.0. The largest absolute Gasteiger partial charge is 0.492 e. The van der Waals surface area contributed by atoms with Gasteiger partial charge >= 0.3 is 11.9 Å². The number of esters is 2. The van der Waals surface area contributed by atoms with Crippen LogP contribution < -0.4 is 5.32 Å². The van der Waals surface area contributed by atoms with E-state index in [9.17, 15) is 19.2 Å². The molecule has 1 saturated heterocycles. The van der Waals surface area contributed by atoms with E-state index in [1.54, 1.807) is 13.0 Å². The number of thioether (sulfide) groups is 1. The monoisotopic (exact) mass is 622 g/mol. The number of ether oxygens (including phenoxy) is 3. The lowest BCUT2D eigenvalue weighted by Gasteiger charge is -2.49. The van der Waals surface area contributed by atoms with Crippen molar-refractivity contribution in [2.24, 2.45) is 0 Å². The summed E-state index contributed by atoms with van der Waals surface area (Å²) in [6, 6.07) is 27.1. The predicted molar refractivity (Wildman–Crippen MR) is 167 cm³/mol. The second-order valence-electron chi connectivity index (χ2n) is 10.7. The van der Waals surface area contributed by atoms with Gasteiger partial charge in [-0.05, 0) is 35.3 Å². The van der Waals surface area contributed by atoms with Gasteiger partial charge < -0.3 is 19.5 Å². The highest BCUT2D eigenvalue weighted by Crippen LogP contribution is 2.43. The molecule has 2 atom stereocenters. The number of allylic oxidation sites excluding steroid dienone is 1. The lowest BCUT2D eigenvalue weighted by molar-refractivity contribution is -0.154. The van der Waals surface area contributed by atoms with Gasteiger partial charge in [0.15, 0.2) is 17.6 Å². The maximum atomic E-state index is 14.2. The first-order valence-electron chi connectivity index (χ1n) is 14.4. The summed E-state index contributed by atoms with van der Waals surface area (Å²) in [6.45, 7) is 1.59. The van der Waals surface area contributed by atoms with Gasteiger partial charge in [-0.1, -0.05) is 91.0 Å². The van der Waals surface area contributed by atoms with E-state index in [0.717, 1.165) is 16.7 Å². The Morgan fingerprint density at radius 3 is 2.18 bits per heavy atom. The quantitative estimate of drug-likeness (QED) is 0.273. The number of nitrogens with zero attached hydrogens (tertiary/aromatic N) is 1. The Bertz CT molecular complexity index is 1700. The van der Waals surface area contributed by atoms with Gasteiger partial charge in [-0.15, -0.1) is 11.8 Å². The molecule has 0 bridgehead atoms. The number of carbonyl (C=O) groups excluding carboxylic acids is 4. The standard InChI is InChI=1S/C35H30N2O7S/c1-21-30(42-2)26(43-34(21)40)19-25-20-45-33-28(36-27(38)18-22-12-6-3-7-13-22)32(39)37(33)29(25)35(41)44-31(23-14-8-4-9-15-23)24-16-10-5-11-17-24/h3-17,19,28,31,33H,18,20H2,1-2H3,(H,36,38)/b26-19+/t28-,33-/m1/s1. The minimum atomic E-state index is -0.816. The molecule has 228 valence electrons. The first-order chi connectivity index (χ1) is 21.9. The first-order valence-corrected chi connectivity index (χ1v) is 15.4. The third kappa shape index (κ3) is 6.01. The summed E-state index contributed by atoms with van der Waals surface area (Å²) in [5.41, 5.74) is 3.08. The summed E-state index contributed by atoms with van der Waals surface area (Å²) in [7, 11) is 1.43. The molecule has 10 heteroatoms. The highest BCUT2D eigenvalue weighted by Gasteiger charge is 2.54. The SMILES string of the molecule is COC1=C(C)C(=O)O/C1=C/C1=C(C(=O)OC(c2ccccc2)c2ccccc2)N2C(=O)[C@@H](NC(=O)Cc3ccccc3)[C@H]2SC1. The van der Waals surface area contributed by atoms with Crippen molar-refractivity contribution in [2.45, 2.75) is 30.9 Å². The highest BCUT2D eigenvalue weighted by molar-refractivity contribution is 8.00. The molecule has 3 heterocycles. The van der Waals surface area contributed by atoms with E-state index in [1.165, 1.54) is 23.8 Å². The molecule has 0 aliphatic carbocycles. The zero-order valence-electron chi connectivity index (χ0n) is 24.6. The van der Waals surface area contributed by atoms with Crippen LogP contribution in [-0.4, -0.2) is 52.9 Å². The molecule has 0 spiro atoms. The topological polar surface area (TPSA) is 111 Å². The van der Waals surface area contributed by atoms with Crippen LogP contribution in [0.4, 0.5) is 0 Å². The van der Waals surface area contributed by atoms with Gasteiger partial charge in [0, 0.05) is 5.75 Å². The Labute approximate surface area is 264 Å². The first kappa shape index (κ1) is 30.0. The number of hydrogen-bond acceptors (Lipinski definition) is 8. The number of rotatable bonds is 9. The molecule has 6 rings (SSSR count). The lowest BCUT2D eigenvalue weighted by Crippen LogP contribution is -2.70. The molecule has 1 fully saturated rings. The number of β-lactam (4-membered cyclic amide) rings is 1. The Morgan fingerprint density at radius 1 is 0.978 bits per heavy atom. The molecule has 0 saturated carbocycles. The fraction of sp³-hybridized carbons (Fsp3) is 0.200. The van der Waals surface area contributed by atoms with Gasteiger partial charge in [0.2, 0.25) is 5.91 Å². The highest BCUT2D eigenvalue weighted by atomic mass is 32.2. The van der Waals surface area contributed by atoms with Crippen molar-refractivity contribution in [1.82, 2.24) is 10.2 Å². The van der Waals surface area contributed by atoms with Crippen LogP contribution in [0.2, 0.25) is 0 Å². The number of benzene rings is 3. The second kappa shape index (κ2) is 12.9. The Morgan fingerprint density at radius 2 is 1.58 bits per heavy atom. The summed E-state index contributed by atoms with van der Waals surface area (Å²) in [4.78, 5) is 54.4. The molecule has 0 aromatic heterocycles. The molecular formula is C35H30N2O7S. The maximum Gasteiger partial charge on any atom is 0.356 e. The number of cyclic esters (lactones) is 1. The number of methoxy groups -OCH3 is 1. The van der Waals surface area contributed by atoms with Gasteiger partial charge in [0.05, 0.1) is 19.1 Å². The summed E-state index contributed by atoms with van der Waals surface area (Å²) >= 11 is 1.39. The van der Waals surface area contributed by atoms with Crippen LogP contribution in [0.1, 0.15) is 29.7 Å². The van der Waals surface area contributed by atoms with Crippen molar-refractivity contribution < 1.29 is 33.4 Å². The van der Waals surface area contributed by atoms with Crippen molar-refractivity contribution in [1.29, 1.82) is 0 Å². The number of nitrogens with one attached hydrogen (secondary N) is 1. The van der Waals surface area contributed by atoms with Crippen LogP contribution in [0, 0.1) is 0 Å². The molecule has 0 radical (unpaired) electrons. The van der Waals surface area contributed by atoms with Crippen LogP contribution >= 0.6 is 11.8 Å². The smallest absolute Gasteiger partial charge is 0.356 e. The third-order valence-corrected chi connectivity index (χ3v) is 9.03. The van der Waals surface area contributed by atoms with E-state index >= 15 is 0 Å². The molecular weight excluding hydrogens is 592 g/mol. The number of hydrogen-bond donors (Lipinski definition) is 1. The van der Waals surface area contributed by atoms with Crippen molar-refractivity contribution in [3.8, 4) is 0 Å². The predicted octanol–water partition coefficient (Wildman–Crippen LogP) is 4.58. The second-order valence-corrected chi connectivity index (χ2v) is 11.8. The van der Waals surface area contributed by atoms with E-state index in [2.05, 4.69) is 5.32 Å². The van der Waals surface area contributed by atoms with E-state index < -0.39 is 35.4 Å². The van der Waals surface area contributed by atoms with Crippen LogP contribution in [0.5, 0.6) is 0 Å². The van der Waals surface area contributed by atoms with Crippen LogP contribution in [0.15, 0.2) is 125 Å². The minimum absolute atomic E-state index is 0.0257. The fourth-order valence-electron chi connectivity index (χ4n) is 5.50. The van der Waals surface area contributed by atoms with Gasteiger partial charge in [-0.3, -0.25) is 14.5 Å². The molecule has 9 nitrogen and oxygen atoms in total. The average Bonchev–Trinajstić information content (AvgIpc) is 3.34. The molecule has 3 aliphatic heterocycles. The summed E-state index contributed by atoms with van der Waals surface area (Å²) in [6.07, 6.45) is 0.909. The lowest BCUT2D eigenvalue weighted by atomic mass is 10.00. The Balaban J connectivity index is 1.33. The number of amides is 2. The molecule has 0 unspecified atom stereocenters. The zero-order valence-corrected chi connectivity index (χ0v) is 25.4. The number of carbonyl (C=O) groups is 4. The van der Waals surface area contributed by atoms with Gasteiger partial charge in [0.25, 0.3) is 5.91 Å². The fourth-order valence-corrected chi connectivity index (χ4v) is 6.81. The normalized spacial score (nSPS) is 20.2. The van der Waals surface area contributed by atoms with Gasteiger partial charge in [-0.25, -0.2) is 9.59 Å². The van der Waals surface area contributed by atoms with Crippen LogP contribution in [0.25, 0.3) is 0 Å². The summed E-state index contributed by atoms with van der Waals surface area (Å²) in [5.74, 6) is -1.34. The van der Waals surface area contributed by atoms with E-state index in [-0.39, 0.29) is 35.3 Å². The molecule has 3 aliphatic rings. The molecule has 1 N–H and O–H groups in total. The molecule has 45 heavy (non-hydrogen) atoms. The number of fused-ring (bicyclic) bond motifs is 1. The zero-order chi connectivity index (χ0) is 31.5. The van der Waals surface area contributed by atoms with Crippen LogP contribution in [-0.2, 0) is 39.8 Å². The average molecular weight is 623 g/mol. The summed E-state index contributed by atoms with van der Waals surface area (Å²) in [5, 5.41) is 2.32. The Hall–Kier alpha value is -5.09. The van der Waals surface area contributed by atoms with Crippen molar-refractivity contribution >= 4 is 35.5 Å². The van der Waals surface area contributed by atoms with Crippen molar-refractivity contribution in [3.05, 3.63) is 142 Å². The van der Waals surface area contributed by atoms with Crippen molar-refractivity contribution in [3.63, 3.8) is 0 Å². The molecule has 3 aromatic carbocycles. The maximum absolute atomic E-state index is 14.2. The van der Waals surface area contributed by atoms with Gasteiger partial charge in [0.1, 0.15) is 17.1 Å². The molecule has 3 aromatic rings. The van der Waals surface area contributed by atoms with Gasteiger partial charge in [-0.2, -0.15) is 0 Å². The molecule has 2 amide bonds. The van der Waals surface area contributed by atoms with Crippen molar-refractivity contribution in [2.75, 3.05) is 12.9 Å². The third-order valence-electron chi connectivity index (χ3n) is 7.73. The van der Waals surface area contributed by atoms with E-state index in [4.69, 9.17) is 14.2 Å². The van der Waals surface area contributed by atoms with E-state index in [0.29, 0.717) is 11.1 Å². The Kier molecular flexibility index (Phi) is 8.57. The van der Waals surface area contributed by atoms with Crippen LogP contribution in [0.3, 0.4) is 0 Å².